The van der Waals surface area contributed by atoms with E-state index < -0.39 is 42.3 Å². The Hall–Kier alpha value is -2.13. The largest absolute Gasteiger partial charge is 0.394 e. The minimum Gasteiger partial charge on any atom is -0.394 e. The van der Waals surface area contributed by atoms with Crippen molar-refractivity contribution in [3.05, 3.63) is 43.0 Å². The molecule has 2 heterocycles. The Balaban J connectivity index is 2.50. The maximum atomic E-state index is 11.8. The highest BCUT2D eigenvalue weighted by molar-refractivity contribution is 5.04. The molecule has 20 heavy (non-hydrogen) atoms. The number of aliphatic hydroxyl groups excluding tert-OH is 2. The van der Waals surface area contributed by atoms with E-state index >= 15 is 0 Å². The molecule has 0 amide bonds. The molecule has 1 aromatic rings. The number of hydrogen-bond acceptors (Lipinski definition) is 6. The van der Waals surface area contributed by atoms with Gasteiger partial charge in [-0.1, -0.05) is 5.11 Å². The number of aliphatic hydroxyl groups is 2. The molecule has 10 heteroatoms. The fourth-order valence-corrected chi connectivity index (χ4v) is 2.07. The summed E-state index contributed by atoms with van der Waals surface area (Å²) in [5, 5.41) is 22.4. The van der Waals surface area contributed by atoms with E-state index in [2.05, 4.69) is 15.0 Å². The molecule has 1 aliphatic heterocycles. The van der Waals surface area contributed by atoms with Gasteiger partial charge in [0.15, 0.2) is 0 Å². The number of nitrogens with one attached hydrogen (secondary N) is 1. The molecule has 1 aromatic heterocycles. The average Bonchev–Trinajstić information content (AvgIpc) is 2.72. The summed E-state index contributed by atoms with van der Waals surface area (Å²) in [5.41, 5.74) is 7.49. The van der Waals surface area contributed by atoms with Crippen LogP contribution >= 0.6 is 0 Å². The van der Waals surface area contributed by atoms with Crippen LogP contribution in [0.3, 0.4) is 0 Å². The molecule has 0 aliphatic carbocycles. The van der Waals surface area contributed by atoms with Gasteiger partial charge in [-0.2, -0.15) is 0 Å². The molecule has 3 N–H and O–H groups in total. The highest BCUT2D eigenvalue weighted by Crippen LogP contribution is 2.30. The molecule has 1 aliphatic rings. The SMILES string of the molecule is Cc1cn(C2O[C@H](CO)[C@@H](O)[C@@H]2N=[N+]=[N-])c(=O)[nH]c1=O. The Kier molecular flexibility index (Phi) is 3.91. The van der Waals surface area contributed by atoms with E-state index in [0.29, 0.717) is 0 Å². The van der Waals surface area contributed by atoms with E-state index in [0.717, 1.165) is 4.57 Å². The van der Waals surface area contributed by atoms with Gasteiger partial charge in [-0.05, 0) is 12.5 Å². The van der Waals surface area contributed by atoms with Crippen molar-refractivity contribution in [1.82, 2.24) is 9.55 Å². The van der Waals surface area contributed by atoms with E-state index in [1.165, 1.54) is 13.1 Å². The number of hydrogen-bond donors (Lipinski definition) is 3. The van der Waals surface area contributed by atoms with Crippen LogP contribution in [0.4, 0.5) is 0 Å². The zero-order valence-corrected chi connectivity index (χ0v) is 10.5. The van der Waals surface area contributed by atoms with Crippen molar-refractivity contribution in [2.75, 3.05) is 6.61 Å². The lowest BCUT2D eigenvalue weighted by Gasteiger charge is -2.17. The number of aromatic amines is 1. The van der Waals surface area contributed by atoms with Crippen LogP contribution in [0, 0.1) is 6.92 Å². The first-order chi connectivity index (χ1) is 9.49. The van der Waals surface area contributed by atoms with Crippen molar-refractivity contribution in [3.8, 4) is 0 Å². The van der Waals surface area contributed by atoms with E-state index in [1.807, 2.05) is 0 Å². The van der Waals surface area contributed by atoms with Gasteiger partial charge in [-0.3, -0.25) is 14.3 Å². The Morgan fingerprint density at radius 1 is 1.60 bits per heavy atom. The summed E-state index contributed by atoms with van der Waals surface area (Å²) in [6.45, 7) is 0.998. The van der Waals surface area contributed by atoms with Crippen molar-refractivity contribution in [2.24, 2.45) is 5.11 Å². The monoisotopic (exact) mass is 283 g/mol. The van der Waals surface area contributed by atoms with Gasteiger partial charge in [0.25, 0.3) is 5.56 Å². The summed E-state index contributed by atoms with van der Waals surface area (Å²) < 4.78 is 6.35. The first-order valence-corrected chi connectivity index (χ1v) is 5.80. The van der Waals surface area contributed by atoms with E-state index in [9.17, 15) is 14.7 Å². The third kappa shape index (κ3) is 2.32. The lowest BCUT2D eigenvalue weighted by Crippen LogP contribution is -2.37. The second-order valence-electron chi connectivity index (χ2n) is 4.41. The van der Waals surface area contributed by atoms with Crippen molar-refractivity contribution in [3.63, 3.8) is 0 Å². The summed E-state index contributed by atoms with van der Waals surface area (Å²) in [6.07, 6.45) is -2.08. The Morgan fingerprint density at radius 3 is 2.90 bits per heavy atom. The van der Waals surface area contributed by atoms with Gasteiger partial charge in [0.2, 0.25) is 0 Å². The zero-order chi connectivity index (χ0) is 14.9. The van der Waals surface area contributed by atoms with E-state index in [4.69, 9.17) is 15.4 Å². The molecule has 0 bridgehead atoms. The first-order valence-electron chi connectivity index (χ1n) is 5.80. The molecule has 108 valence electrons. The fourth-order valence-electron chi connectivity index (χ4n) is 2.07. The van der Waals surface area contributed by atoms with Crippen molar-refractivity contribution >= 4 is 0 Å². The average molecular weight is 283 g/mol. The molecule has 1 unspecified atom stereocenters. The molecule has 1 fully saturated rings. The van der Waals surface area contributed by atoms with Crippen LogP contribution in [0.1, 0.15) is 11.8 Å². The highest BCUT2D eigenvalue weighted by Gasteiger charge is 2.44. The second kappa shape index (κ2) is 5.47. The predicted molar refractivity (Wildman–Crippen MR) is 66.0 cm³/mol. The third-order valence-corrected chi connectivity index (χ3v) is 3.12. The predicted octanol–water partition coefficient (Wildman–Crippen LogP) is -1.23. The molecule has 0 spiro atoms. The number of rotatable bonds is 3. The summed E-state index contributed by atoms with van der Waals surface area (Å²) in [7, 11) is 0. The number of H-pyrrole nitrogens is 1. The van der Waals surface area contributed by atoms with Crippen LogP contribution < -0.4 is 11.2 Å². The van der Waals surface area contributed by atoms with Gasteiger partial charge in [-0.25, -0.2) is 4.79 Å². The van der Waals surface area contributed by atoms with Crippen LogP contribution in [0.25, 0.3) is 10.4 Å². The summed E-state index contributed by atoms with van der Waals surface area (Å²) in [4.78, 5) is 27.8. The van der Waals surface area contributed by atoms with Crippen molar-refractivity contribution in [2.45, 2.75) is 31.4 Å². The number of nitrogens with zero attached hydrogens (tertiary/aromatic N) is 4. The van der Waals surface area contributed by atoms with Gasteiger partial charge in [0, 0.05) is 16.7 Å². The maximum Gasteiger partial charge on any atom is 0.330 e. The number of azide groups is 1. The molecule has 4 atom stereocenters. The van der Waals surface area contributed by atoms with Crippen molar-refractivity contribution < 1.29 is 14.9 Å². The van der Waals surface area contributed by atoms with Gasteiger partial charge in [0.05, 0.1) is 12.7 Å². The minimum absolute atomic E-state index is 0.259. The highest BCUT2D eigenvalue weighted by atomic mass is 16.5. The van der Waals surface area contributed by atoms with E-state index in [-0.39, 0.29) is 5.56 Å². The smallest absolute Gasteiger partial charge is 0.330 e. The standard InChI is InChI=1S/C10H13N5O5/c1-4-2-15(10(19)12-8(4)18)9-6(13-14-11)7(17)5(3-16)20-9/h2,5-7,9,16-17H,3H2,1H3,(H,12,18,19)/t5-,6+,7-,9?/m1/s1. The van der Waals surface area contributed by atoms with Gasteiger partial charge in [-0.15, -0.1) is 0 Å². The molecule has 10 nitrogen and oxygen atoms in total. The Morgan fingerprint density at radius 2 is 2.30 bits per heavy atom. The maximum absolute atomic E-state index is 11.8. The number of aryl methyl sites for hydroxylation is 1. The van der Waals surface area contributed by atoms with Gasteiger partial charge >= 0.3 is 5.69 Å². The third-order valence-electron chi connectivity index (χ3n) is 3.12. The molecule has 0 radical (unpaired) electrons. The normalized spacial score (nSPS) is 29.1. The van der Waals surface area contributed by atoms with Gasteiger partial charge in [0.1, 0.15) is 18.4 Å². The fraction of sp³-hybridized carbons (Fsp3) is 0.600. The van der Waals surface area contributed by atoms with Crippen LogP contribution in [-0.4, -0.2) is 44.6 Å². The number of ether oxygens (including phenoxy) is 1. The number of aromatic nitrogens is 2. The summed E-state index contributed by atoms with van der Waals surface area (Å²) >= 11 is 0. The lowest BCUT2D eigenvalue weighted by molar-refractivity contribution is -0.0465. The van der Waals surface area contributed by atoms with E-state index in [1.54, 1.807) is 0 Å². The van der Waals surface area contributed by atoms with Crippen molar-refractivity contribution in [1.29, 1.82) is 0 Å². The molecule has 0 aromatic carbocycles. The molecule has 0 saturated carbocycles. The lowest BCUT2D eigenvalue weighted by atomic mass is 10.1. The first kappa shape index (κ1) is 14.3. The Labute approximate surface area is 111 Å². The van der Waals surface area contributed by atoms with Crippen LogP contribution in [0.2, 0.25) is 0 Å². The quantitative estimate of drug-likeness (QED) is 0.360. The summed E-state index contributed by atoms with van der Waals surface area (Å²) in [6, 6.07) is -1.08. The topological polar surface area (TPSA) is 153 Å². The summed E-state index contributed by atoms with van der Waals surface area (Å²) in [5.74, 6) is 0. The molecular weight excluding hydrogens is 270 g/mol. The second-order valence-corrected chi connectivity index (χ2v) is 4.41. The molecule has 2 rings (SSSR count). The van der Waals surface area contributed by atoms with Crippen LogP contribution in [0.15, 0.2) is 20.9 Å². The molecular formula is C10H13N5O5. The van der Waals surface area contributed by atoms with Crippen LogP contribution in [-0.2, 0) is 4.74 Å². The van der Waals surface area contributed by atoms with Crippen LogP contribution in [0.5, 0.6) is 0 Å². The zero-order valence-electron chi connectivity index (χ0n) is 10.5. The van der Waals surface area contributed by atoms with Gasteiger partial charge < -0.3 is 14.9 Å². The Bertz CT molecular complexity index is 661. The minimum atomic E-state index is -1.25. The molecule has 1 saturated heterocycles.